The SMILES string of the molecule is C[C@@H](CC(=O)N1CCC([C@@H](O)c2ccccc2)CC1)c1ccccc1. The minimum atomic E-state index is -0.429. The molecule has 3 nitrogen and oxygen atoms in total. The van der Waals surface area contributed by atoms with Crippen molar-refractivity contribution in [2.24, 2.45) is 5.92 Å². The largest absolute Gasteiger partial charge is 0.388 e. The number of hydrogen-bond donors (Lipinski definition) is 1. The Morgan fingerprint density at radius 1 is 1.00 bits per heavy atom. The average molecular weight is 337 g/mol. The van der Waals surface area contributed by atoms with Gasteiger partial charge in [-0.15, -0.1) is 0 Å². The molecule has 1 N–H and O–H groups in total. The fourth-order valence-electron chi connectivity index (χ4n) is 3.68. The van der Waals surface area contributed by atoms with Crippen LogP contribution in [-0.2, 0) is 4.79 Å². The predicted molar refractivity (Wildman–Crippen MR) is 100 cm³/mol. The fraction of sp³-hybridized carbons (Fsp3) is 0.409. The molecule has 0 spiro atoms. The molecule has 0 saturated carbocycles. The lowest BCUT2D eigenvalue weighted by Crippen LogP contribution is -2.40. The molecule has 0 bridgehead atoms. The van der Waals surface area contributed by atoms with Crippen molar-refractivity contribution in [1.29, 1.82) is 0 Å². The molecule has 0 unspecified atom stereocenters. The van der Waals surface area contributed by atoms with E-state index < -0.39 is 6.10 Å². The quantitative estimate of drug-likeness (QED) is 0.890. The summed E-state index contributed by atoms with van der Waals surface area (Å²) in [7, 11) is 0. The summed E-state index contributed by atoms with van der Waals surface area (Å²) in [5.74, 6) is 0.698. The number of piperidine rings is 1. The van der Waals surface area contributed by atoms with E-state index in [4.69, 9.17) is 0 Å². The minimum absolute atomic E-state index is 0.226. The van der Waals surface area contributed by atoms with Crippen LogP contribution in [0.3, 0.4) is 0 Å². The first-order valence-electron chi connectivity index (χ1n) is 9.21. The van der Waals surface area contributed by atoms with Crippen molar-refractivity contribution in [2.45, 2.75) is 38.2 Å². The molecule has 1 saturated heterocycles. The van der Waals surface area contributed by atoms with Gasteiger partial charge in [0.1, 0.15) is 0 Å². The van der Waals surface area contributed by atoms with Crippen molar-refractivity contribution >= 4 is 5.91 Å². The van der Waals surface area contributed by atoms with Crippen LogP contribution < -0.4 is 0 Å². The summed E-state index contributed by atoms with van der Waals surface area (Å²) in [5, 5.41) is 10.6. The van der Waals surface area contributed by atoms with Gasteiger partial charge in [0.05, 0.1) is 6.10 Å². The van der Waals surface area contributed by atoms with E-state index in [2.05, 4.69) is 19.1 Å². The molecule has 2 atom stereocenters. The van der Waals surface area contributed by atoms with Gasteiger partial charge >= 0.3 is 0 Å². The van der Waals surface area contributed by atoms with Crippen LogP contribution in [-0.4, -0.2) is 29.0 Å². The number of aliphatic hydroxyl groups is 1. The lowest BCUT2D eigenvalue weighted by molar-refractivity contribution is -0.133. The lowest BCUT2D eigenvalue weighted by atomic mass is 9.87. The topological polar surface area (TPSA) is 40.5 Å². The number of benzene rings is 2. The summed E-state index contributed by atoms with van der Waals surface area (Å²) in [4.78, 5) is 14.6. The van der Waals surface area contributed by atoms with Gasteiger partial charge in [-0.3, -0.25) is 4.79 Å². The van der Waals surface area contributed by atoms with E-state index in [0.29, 0.717) is 6.42 Å². The summed E-state index contributed by atoms with van der Waals surface area (Å²) in [6.45, 7) is 3.60. The maximum Gasteiger partial charge on any atom is 0.223 e. The van der Waals surface area contributed by atoms with E-state index in [9.17, 15) is 9.90 Å². The minimum Gasteiger partial charge on any atom is -0.388 e. The summed E-state index contributed by atoms with van der Waals surface area (Å²) >= 11 is 0. The number of likely N-dealkylation sites (tertiary alicyclic amines) is 1. The number of hydrogen-bond acceptors (Lipinski definition) is 2. The van der Waals surface area contributed by atoms with Gasteiger partial charge in [0.15, 0.2) is 0 Å². The first kappa shape index (κ1) is 17.7. The molecular weight excluding hydrogens is 310 g/mol. The van der Waals surface area contributed by atoms with Gasteiger partial charge in [-0.05, 0) is 35.8 Å². The van der Waals surface area contributed by atoms with Crippen LogP contribution in [0.2, 0.25) is 0 Å². The highest BCUT2D eigenvalue weighted by Gasteiger charge is 2.28. The van der Waals surface area contributed by atoms with Crippen molar-refractivity contribution < 1.29 is 9.90 Å². The Labute approximate surface area is 150 Å². The summed E-state index contributed by atoms with van der Waals surface area (Å²) in [5.41, 5.74) is 2.19. The molecule has 3 heteroatoms. The fourth-order valence-corrected chi connectivity index (χ4v) is 3.68. The van der Waals surface area contributed by atoms with Crippen LogP contribution in [0.25, 0.3) is 0 Å². The summed E-state index contributed by atoms with van der Waals surface area (Å²) < 4.78 is 0. The average Bonchev–Trinajstić information content (AvgIpc) is 2.69. The van der Waals surface area contributed by atoms with Crippen LogP contribution in [0.1, 0.15) is 49.3 Å². The standard InChI is InChI=1S/C22H27NO2/c1-17(18-8-4-2-5-9-18)16-21(24)23-14-12-20(13-15-23)22(25)19-10-6-3-7-11-19/h2-11,17,20,22,25H,12-16H2,1H3/t17-,22-/m0/s1. The van der Waals surface area contributed by atoms with Gasteiger partial charge in [-0.25, -0.2) is 0 Å². The second kappa shape index (κ2) is 8.30. The van der Waals surface area contributed by atoms with Crippen LogP contribution in [0.4, 0.5) is 0 Å². The Hall–Kier alpha value is -2.13. The third kappa shape index (κ3) is 4.49. The highest BCUT2D eigenvalue weighted by molar-refractivity contribution is 5.77. The van der Waals surface area contributed by atoms with Gasteiger partial charge in [0.25, 0.3) is 0 Å². The molecule has 25 heavy (non-hydrogen) atoms. The molecule has 0 aromatic heterocycles. The Bertz CT molecular complexity index is 663. The molecule has 132 valence electrons. The predicted octanol–water partition coefficient (Wildman–Crippen LogP) is 4.15. The van der Waals surface area contributed by atoms with Gasteiger partial charge in [0.2, 0.25) is 5.91 Å². The molecule has 1 fully saturated rings. The normalized spacial score (nSPS) is 17.9. The molecule has 0 aliphatic carbocycles. The first-order chi connectivity index (χ1) is 12.1. The molecule has 3 rings (SSSR count). The van der Waals surface area contributed by atoms with E-state index in [1.54, 1.807) is 0 Å². The smallest absolute Gasteiger partial charge is 0.223 e. The van der Waals surface area contributed by atoms with E-state index in [1.165, 1.54) is 5.56 Å². The maximum atomic E-state index is 12.6. The third-order valence-corrected chi connectivity index (χ3v) is 5.33. The molecule has 2 aromatic carbocycles. The highest BCUT2D eigenvalue weighted by atomic mass is 16.3. The van der Waals surface area contributed by atoms with Crippen molar-refractivity contribution in [2.75, 3.05) is 13.1 Å². The highest BCUT2D eigenvalue weighted by Crippen LogP contribution is 2.31. The number of amides is 1. The number of carbonyl (C=O) groups excluding carboxylic acids is 1. The Morgan fingerprint density at radius 3 is 2.08 bits per heavy atom. The zero-order valence-electron chi connectivity index (χ0n) is 14.8. The van der Waals surface area contributed by atoms with Crippen LogP contribution in [0, 0.1) is 5.92 Å². The number of nitrogens with zero attached hydrogens (tertiary/aromatic N) is 1. The Kier molecular flexibility index (Phi) is 5.87. The van der Waals surface area contributed by atoms with E-state index in [1.807, 2.05) is 53.4 Å². The molecule has 2 aromatic rings. The van der Waals surface area contributed by atoms with Crippen molar-refractivity contribution in [1.82, 2.24) is 4.90 Å². The molecule has 1 amide bonds. The second-order valence-corrected chi connectivity index (χ2v) is 7.09. The van der Waals surface area contributed by atoms with Crippen LogP contribution >= 0.6 is 0 Å². The molecule has 1 aliphatic heterocycles. The van der Waals surface area contributed by atoms with Crippen LogP contribution in [0.15, 0.2) is 60.7 Å². The lowest BCUT2D eigenvalue weighted by Gasteiger charge is -2.35. The Morgan fingerprint density at radius 2 is 1.52 bits per heavy atom. The molecular formula is C22H27NO2. The number of aliphatic hydroxyl groups excluding tert-OH is 1. The maximum absolute atomic E-state index is 12.6. The zero-order chi connectivity index (χ0) is 17.6. The first-order valence-corrected chi connectivity index (χ1v) is 9.21. The molecule has 1 aliphatic rings. The van der Waals surface area contributed by atoms with Crippen molar-refractivity contribution in [3.63, 3.8) is 0 Å². The van der Waals surface area contributed by atoms with Gasteiger partial charge in [-0.1, -0.05) is 67.6 Å². The number of carbonyl (C=O) groups is 1. The van der Waals surface area contributed by atoms with Crippen molar-refractivity contribution in [3.05, 3.63) is 71.8 Å². The zero-order valence-corrected chi connectivity index (χ0v) is 14.8. The number of rotatable bonds is 5. The molecule has 0 radical (unpaired) electrons. The van der Waals surface area contributed by atoms with Gasteiger partial charge in [-0.2, -0.15) is 0 Å². The summed E-state index contributed by atoms with van der Waals surface area (Å²) in [6.07, 6.45) is 1.85. The van der Waals surface area contributed by atoms with Gasteiger partial charge < -0.3 is 10.0 Å². The third-order valence-electron chi connectivity index (χ3n) is 5.33. The molecule has 1 heterocycles. The van der Waals surface area contributed by atoms with Crippen LogP contribution in [0.5, 0.6) is 0 Å². The monoisotopic (exact) mass is 337 g/mol. The van der Waals surface area contributed by atoms with E-state index in [0.717, 1.165) is 31.5 Å². The van der Waals surface area contributed by atoms with E-state index in [-0.39, 0.29) is 17.7 Å². The van der Waals surface area contributed by atoms with Crippen molar-refractivity contribution in [3.8, 4) is 0 Å². The van der Waals surface area contributed by atoms with E-state index >= 15 is 0 Å². The second-order valence-electron chi connectivity index (χ2n) is 7.09. The Balaban J connectivity index is 1.51. The summed E-state index contributed by atoms with van der Waals surface area (Å²) in [6, 6.07) is 20.0. The van der Waals surface area contributed by atoms with Gasteiger partial charge in [0, 0.05) is 19.5 Å².